The Kier molecular flexibility index (Phi) is 4.97. The maximum absolute atomic E-state index is 11.0. The highest BCUT2D eigenvalue weighted by molar-refractivity contribution is 5.73. The molecule has 0 heterocycles. The van der Waals surface area contributed by atoms with Crippen LogP contribution in [0.4, 0.5) is 5.69 Å². The Morgan fingerprint density at radius 1 is 1.35 bits per heavy atom. The Morgan fingerprint density at radius 2 is 1.94 bits per heavy atom. The molecule has 94 valence electrons. The molecule has 0 saturated carbocycles. The zero-order chi connectivity index (χ0) is 12.8. The van der Waals surface area contributed by atoms with Gasteiger partial charge in [0.1, 0.15) is 6.04 Å². The molecule has 0 bridgehead atoms. The normalized spacial score (nSPS) is 12.6. The van der Waals surface area contributed by atoms with E-state index < -0.39 is 12.0 Å². The van der Waals surface area contributed by atoms with Gasteiger partial charge < -0.3 is 16.2 Å². The van der Waals surface area contributed by atoms with Crippen LogP contribution < -0.4 is 11.1 Å². The van der Waals surface area contributed by atoms with Gasteiger partial charge in [0.05, 0.1) is 0 Å². The third-order valence-electron chi connectivity index (χ3n) is 2.54. The summed E-state index contributed by atoms with van der Waals surface area (Å²) in [7, 11) is 0. The van der Waals surface area contributed by atoms with E-state index in [0.717, 1.165) is 5.56 Å². The number of aliphatic carboxylic acids is 1. The van der Waals surface area contributed by atoms with Crippen molar-refractivity contribution < 1.29 is 9.90 Å². The summed E-state index contributed by atoms with van der Waals surface area (Å²) in [5, 5.41) is 12.1. The molecule has 0 aliphatic rings. The van der Waals surface area contributed by atoms with Crippen molar-refractivity contribution in [2.24, 2.45) is 5.92 Å². The number of anilines is 1. The minimum atomic E-state index is -0.797. The maximum Gasteiger partial charge on any atom is 0.320 e. The van der Waals surface area contributed by atoms with Gasteiger partial charge in [0.15, 0.2) is 0 Å². The number of hydrogen-bond donors (Lipinski definition) is 3. The van der Waals surface area contributed by atoms with Crippen LogP contribution in [0.2, 0.25) is 0 Å². The van der Waals surface area contributed by atoms with Gasteiger partial charge in [0.25, 0.3) is 0 Å². The van der Waals surface area contributed by atoms with E-state index >= 15 is 0 Å². The molecule has 4 heteroatoms. The van der Waals surface area contributed by atoms with Crippen LogP contribution in [0.25, 0.3) is 0 Å². The fourth-order valence-corrected chi connectivity index (χ4v) is 1.62. The molecule has 0 fully saturated rings. The van der Waals surface area contributed by atoms with Crippen LogP contribution in [-0.2, 0) is 11.3 Å². The SMILES string of the molecule is CC(C)CC(NCc1ccc(N)cc1)C(=O)O. The van der Waals surface area contributed by atoms with E-state index in [1.54, 1.807) is 0 Å². The number of nitrogens with two attached hydrogens (primary N) is 1. The molecule has 1 unspecified atom stereocenters. The fraction of sp³-hybridized carbons (Fsp3) is 0.462. The summed E-state index contributed by atoms with van der Waals surface area (Å²) >= 11 is 0. The molecule has 0 radical (unpaired) electrons. The van der Waals surface area contributed by atoms with E-state index in [1.165, 1.54) is 0 Å². The van der Waals surface area contributed by atoms with Crippen LogP contribution in [0, 0.1) is 5.92 Å². The topological polar surface area (TPSA) is 75.3 Å². The lowest BCUT2D eigenvalue weighted by Crippen LogP contribution is -2.37. The zero-order valence-electron chi connectivity index (χ0n) is 10.3. The van der Waals surface area contributed by atoms with E-state index in [2.05, 4.69) is 5.32 Å². The molecule has 1 aromatic rings. The van der Waals surface area contributed by atoms with Crippen LogP contribution in [-0.4, -0.2) is 17.1 Å². The van der Waals surface area contributed by atoms with Crippen molar-refractivity contribution in [1.82, 2.24) is 5.32 Å². The van der Waals surface area contributed by atoms with E-state index in [1.807, 2.05) is 38.1 Å². The average Bonchev–Trinajstić information content (AvgIpc) is 2.25. The summed E-state index contributed by atoms with van der Waals surface area (Å²) in [6.07, 6.45) is 0.629. The van der Waals surface area contributed by atoms with Crippen molar-refractivity contribution in [2.75, 3.05) is 5.73 Å². The Morgan fingerprint density at radius 3 is 2.41 bits per heavy atom. The minimum Gasteiger partial charge on any atom is -0.480 e. The zero-order valence-corrected chi connectivity index (χ0v) is 10.3. The third-order valence-corrected chi connectivity index (χ3v) is 2.54. The summed E-state index contributed by atoms with van der Waals surface area (Å²) in [6.45, 7) is 4.58. The molecule has 1 aromatic carbocycles. The summed E-state index contributed by atoms with van der Waals surface area (Å²) in [6, 6.07) is 6.94. The number of rotatable bonds is 6. The number of nitrogens with one attached hydrogen (secondary N) is 1. The second-order valence-corrected chi connectivity index (χ2v) is 4.64. The predicted octanol–water partition coefficient (Wildman–Crippen LogP) is 1.86. The fourth-order valence-electron chi connectivity index (χ4n) is 1.62. The first-order valence-electron chi connectivity index (χ1n) is 5.79. The van der Waals surface area contributed by atoms with E-state index in [0.29, 0.717) is 24.6 Å². The molecule has 4 N–H and O–H groups in total. The van der Waals surface area contributed by atoms with Crippen molar-refractivity contribution in [2.45, 2.75) is 32.9 Å². The Hall–Kier alpha value is -1.55. The predicted molar refractivity (Wildman–Crippen MR) is 68.6 cm³/mol. The number of nitrogen functional groups attached to an aromatic ring is 1. The molecular formula is C13H20N2O2. The number of benzene rings is 1. The van der Waals surface area contributed by atoms with Gasteiger partial charge >= 0.3 is 5.97 Å². The van der Waals surface area contributed by atoms with Crippen LogP contribution in [0.15, 0.2) is 24.3 Å². The molecular weight excluding hydrogens is 216 g/mol. The van der Waals surface area contributed by atoms with Crippen LogP contribution >= 0.6 is 0 Å². The first kappa shape index (κ1) is 13.5. The molecule has 0 spiro atoms. The molecule has 4 nitrogen and oxygen atoms in total. The number of carboxylic acid groups (broad SMARTS) is 1. The van der Waals surface area contributed by atoms with E-state index in [-0.39, 0.29) is 0 Å². The summed E-state index contributed by atoms with van der Waals surface area (Å²) in [5.74, 6) is -0.441. The third kappa shape index (κ3) is 4.87. The van der Waals surface area contributed by atoms with Gasteiger partial charge in [0.2, 0.25) is 0 Å². The van der Waals surface area contributed by atoms with Gasteiger partial charge in [-0.05, 0) is 30.0 Å². The minimum absolute atomic E-state index is 0.356. The van der Waals surface area contributed by atoms with Crippen LogP contribution in [0.5, 0.6) is 0 Å². The highest BCUT2D eigenvalue weighted by Crippen LogP contribution is 2.08. The summed E-state index contributed by atoms with van der Waals surface area (Å²) in [4.78, 5) is 11.0. The number of carboxylic acids is 1. The number of carbonyl (C=O) groups is 1. The second kappa shape index (κ2) is 6.25. The van der Waals surface area contributed by atoms with Crippen molar-refractivity contribution in [3.63, 3.8) is 0 Å². The second-order valence-electron chi connectivity index (χ2n) is 4.64. The maximum atomic E-state index is 11.0. The van der Waals surface area contributed by atoms with Gasteiger partial charge in [-0.25, -0.2) is 0 Å². The summed E-state index contributed by atoms with van der Waals surface area (Å²) < 4.78 is 0. The van der Waals surface area contributed by atoms with E-state index in [4.69, 9.17) is 10.8 Å². The first-order chi connectivity index (χ1) is 7.99. The molecule has 0 aliphatic heterocycles. The molecule has 17 heavy (non-hydrogen) atoms. The lowest BCUT2D eigenvalue weighted by Gasteiger charge is -2.16. The van der Waals surface area contributed by atoms with Gasteiger partial charge in [-0.3, -0.25) is 4.79 Å². The molecule has 0 aromatic heterocycles. The standard InChI is InChI=1S/C13H20N2O2/c1-9(2)7-12(13(16)17)15-8-10-3-5-11(14)6-4-10/h3-6,9,12,15H,7-8,14H2,1-2H3,(H,16,17). The highest BCUT2D eigenvalue weighted by Gasteiger charge is 2.17. The van der Waals surface area contributed by atoms with Gasteiger partial charge in [-0.15, -0.1) is 0 Å². The van der Waals surface area contributed by atoms with Crippen molar-refractivity contribution in [3.8, 4) is 0 Å². The van der Waals surface area contributed by atoms with Gasteiger partial charge in [-0.2, -0.15) is 0 Å². The smallest absolute Gasteiger partial charge is 0.320 e. The lowest BCUT2D eigenvalue weighted by molar-refractivity contribution is -0.140. The van der Waals surface area contributed by atoms with Gasteiger partial charge in [-0.1, -0.05) is 26.0 Å². The Bertz CT molecular complexity index is 360. The quantitative estimate of drug-likeness (QED) is 0.659. The molecule has 1 rings (SSSR count). The average molecular weight is 236 g/mol. The van der Waals surface area contributed by atoms with Crippen molar-refractivity contribution in [3.05, 3.63) is 29.8 Å². The van der Waals surface area contributed by atoms with Crippen LogP contribution in [0.3, 0.4) is 0 Å². The number of hydrogen-bond acceptors (Lipinski definition) is 3. The Labute approximate surface area is 102 Å². The molecule has 0 saturated heterocycles. The van der Waals surface area contributed by atoms with Crippen molar-refractivity contribution in [1.29, 1.82) is 0 Å². The molecule has 0 amide bonds. The lowest BCUT2D eigenvalue weighted by atomic mass is 10.0. The Balaban J connectivity index is 2.51. The largest absolute Gasteiger partial charge is 0.480 e. The molecule has 1 atom stereocenters. The van der Waals surface area contributed by atoms with E-state index in [9.17, 15) is 4.79 Å². The highest BCUT2D eigenvalue weighted by atomic mass is 16.4. The monoisotopic (exact) mass is 236 g/mol. The van der Waals surface area contributed by atoms with Crippen LogP contribution in [0.1, 0.15) is 25.8 Å². The van der Waals surface area contributed by atoms with Gasteiger partial charge in [0, 0.05) is 12.2 Å². The van der Waals surface area contributed by atoms with Crippen molar-refractivity contribution >= 4 is 11.7 Å². The molecule has 0 aliphatic carbocycles. The first-order valence-corrected chi connectivity index (χ1v) is 5.79. The summed E-state index contributed by atoms with van der Waals surface area (Å²) in [5.41, 5.74) is 7.33.